The van der Waals surface area contributed by atoms with Crippen molar-refractivity contribution >= 4 is 11.6 Å². The SMILES string of the molecule is CC(=O)CCCc1ccc2c(n1)CCCC2.CC(=O)CCCc1ccc2c(n1)CCCC2. The van der Waals surface area contributed by atoms with Crippen LogP contribution in [-0.4, -0.2) is 21.5 Å². The summed E-state index contributed by atoms with van der Waals surface area (Å²) in [5.41, 5.74) is 7.77. The van der Waals surface area contributed by atoms with Gasteiger partial charge >= 0.3 is 0 Å². The van der Waals surface area contributed by atoms with Gasteiger partial charge in [-0.15, -0.1) is 0 Å². The molecule has 2 aromatic rings. The molecule has 0 aromatic carbocycles. The molecule has 32 heavy (non-hydrogen) atoms. The molecular formula is C28H38N2O2. The van der Waals surface area contributed by atoms with Crippen LogP contribution in [0.4, 0.5) is 0 Å². The third-order valence-electron chi connectivity index (χ3n) is 6.40. The molecule has 0 radical (unpaired) electrons. The molecule has 4 heteroatoms. The predicted octanol–water partition coefficient (Wildman–Crippen LogP) is 5.74. The molecule has 0 bridgehead atoms. The van der Waals surface area contributed by atoms with Crippen LogP contribution in [0.3, 0.4) is 0 Å². The molecule has 4 rings (SSSR count). The summed E-state index contributed by atoms with van der Waals surface area (Å²) in [6, 6.07) is 8.71. The number of nitrogens with zero attached hydrogens (tertiary/aromatic N) is 2. The first kappa shape index (κ1) is 24.3. The Hall–Kier alpha value is -2.36. The highest BCUT2D eigenvalue weighted by Gasteiger charge is 2.11. The molecule has 0 aliphatic heterocycles. The average molecular weight is 435 g/mol. The fraction of sp³-hybridized carbons (Fsp3) is 0.571. The number of hydrogen-bond donors (Lipinski definition) is 0. The van der Waals surface area contributed by atoms with Gasteiger partial charge in [0.1, 0.15) is 11.6 Å². The van der Waals surface area contributed by atoms with Crippen LogP contribution in [0.1, 0.15) is 99.1 Å². The summed E-state index contributed by atoms with van der Waals surface area (Å²) in [5, 5.41) is 0. The van der Waals surface area contributed by atoms with Crippen molar-refractivity contribution in [2.45, 2.75) is 104 Å². The maximum absolute atomic E-state index is 10.8. The van der Waals surface area contributed by atoms with Gasteiger partial charge in [-0.3, -0.25) is 9.97 Å². The molecule has 0 fully saturated rings. The number of pyridine rings is 2. The summed E-state index contributed by atoms with van der Waals surface area (Å²) < 4.78 is 0. The third kappa shape index (κ3) is 7.96. The number of carbonyl (C=O) groups is 2. The zero-order valence-corrected chi connectivity index (χ0v) is 19.9. The number of hydrogen-bond acceptors (Lipinski definition) is 4. The average Bonchev–Trinajstić information content (AvgIpc) is 2.79. The Morgan fingerprint density at radius 2 is 1.06 bits per heavy atom. The van der Waals surface area contributed by atoms with E-state index in [0.29, 0.717) is 12.8 Å². The summed E-state index contributed by atoms with van der Waals surface area (Å²) in [7, 11) is 0. The van der Waals surface area contributed by atoms with E-state index < -0.39 is 0 Å². The summed E-state index contributed by atoms with van der Waals surface area (Å²) in [4.78, 5) is 31.1. The van der Waals surface area contributed by atoms with Crippen LogP contribution in [0.15, 0.2) is 24.3 Å². The van der Waals surface area contributed by atoms with Gasteiger partial charge < -0.3 is 9.59 Å². The zero-order valence-electron chi connectivity index (χ0n) is 19.9. The number of fused-ring (bicyclic) bond motifs is 2. The van der Waals surface area contributed by atoms with E-state index in [2.05, 4.69) is 24.3 Å². The predicted molar refractivity (Wildman–Crippen MR) is 129 cm³/mol. The molecule has 0 spiro atoms. The molecule has 0 amide bonds. The number of Topliss-reactive ketones (excluding diaryl/α,β-unsaturated/α-hetero) is 2. The van der Waals surface area contributed by atoms with E-state index in [1.807, 2.05) is 0 Å². The molecule has 0 N–H and O–H groups in total. The Balaban J connectivity index is 0.000000181. The van der Waals surface area contributed by atoms with Gasteiger partial charge in [-0.2, -0.15) is 0 Å². The van der Waals surface area contributed by atoms with Crippen LogP contribution in [0.5, 0.6) is 0 Å². The molecular weight excluding hydrogens is 396 g/mol. The molecule has 4 nitrogen and oxygen atoms in total. The van der Waals surface area contributed by atoms with Crippen LogP contribution >= 0.6 is 0 Å². The van der Waals surface area contributed by atoms with Gasteiger partial charge in [0, 0.05) is 35.6 Å². The smallest absolute Gasteiger partial charge is 0.129 e. The lowest BCUT2D eigenvalue weighted by Gasteiger charge is -2.15. The lowest BCUT2D eigenvalue weighted by molar-refractivity contribution is -0.117. The van der Waals surface area contributed by atoms with Gasteiger partial charge in [0.2, 0.25) is 0 Å². The van der Waals surface area contributed by atoms with E-state index in [0.717, 1.165) is 49.9 Å². The van der Waals surface area contributed by atoms with Crippen molar-refractivity contribution in [3.8, 4) is 0 Å². The normalized spacial score (nSPS) is 14.6. The van der Waals surface area contributed by atoms with Gasteiger partial charge in [-0.05, 0) is 114 Å². The fourth-order valence-corrected chi connectivity index (χ4v) is 4.57. The first-order valence-electron chi connectivity index (χ1n) is 12.5. The number of carbonyl (C=O) groups excluding carboxylic acids is 2. The minimum Gasteiger partial charge on any atom is -0.300 e. The third-order valence-corrected chi connectivity index (χ3v) is 6.40. The molecule has 172 valence electrons. The standard InChI is InChI=1S/2C14H19NO/c2*1-11(16)5-4-7-13-10-9-12-6-2-3-8-14(12)15-13/h2*9-10H,2-8H2,1H3. The second-order valence-corrected chi connectivity index (χ2v) is 9.34. The Bertz CT molecular complexity index is 844. The maximum atomic E-state index is 10.8. The van der Waals surface area contributed by atoms with Crippen LogP contribution in [-0.2, 0) is 48.1 Å². The molecule has 0 unspecified atom stereocenters. The molecule has 2 heterocycles. The molecule has 2 aliphatic carbocycles. The lowest BCUT2D eigenvalue weighted by atomic mass is 9.95. The van der Waals surface area contributed by atoms with E-state index in [4.69, 9.17) is 9.97 Å². The minimum atomic E-state index is 0.276. The van der Waals surface area contributed by atoms with E-state index in [1.165, 1.54) is 61.0 Å². The van der Waals surface area contributed by atoms with Crippen molar-refractivity contribution in [3.63, 3.8) is 0 Å². The van der Waals surface area contributed by atoms with Gasteiger partial charge in [-0.1, -0.05) is 12.1 Å². The second-order valence-electron chi connectivity index (χ2n) is 9.34. The summed E-state index contributed by atoms with van der Waals surface area (Å²) >= 11 is 0. The van der Waals surface area contributed by atoms with Crippen LogP contribution in [0.2, 0.25) is 0 Å². The van der Waals surface area contributed by atoms with Gasteiger partial charge in [0.15, 0.2) is 0 Å². The van der Waals surface area contributed by atoms with Crippen molar-refractivity contribution < 1.29 is 9.59 Å². The van der Waals surface area contributed by atoms with E-state index in [9.17, 15) is 9.59 Å². The molecule has 0 saturated carbocycles. The first-order valence-corrected chi connectivity index (χ1v) is 12.5. The van der Waals surface area contributed by atoms with Crippen molar-refractivity contribution in [2.24, 2.45) is 0 Å². The Labute approximate surface area is 193 Å². The van der Waals surface area contributed by atoms with Crippen LogP contribution in [0.25, 0.3) is 0 Å². The van der Waals surface area contributed by atoms with Crippen molar-refractivity contribution in [1.82, 2.24) is 9.97 Å². The largest absolute Gasteiger partial charge is 0.300 e. The van der Waals surface area contributed by atoms with E-state index in [1.54, 1.807) is 13.8 Å². The topological polar surface area (TPSA) is 59.9 Å². The van der Waals surface area contributed by atoms with Gasteiger partial charge in [0.05, 0.1) is 0 Å². The molecule has 0 saturated heterocycles. The summed E-state index contributed by atoms with van der Waals surface area (Å²) in [5.74, 6) is 0.552. The first-order chi connectivity index (χ1) is 15.5. The molecule has 0 atom stereocenters. The quantitative estimate of drug-likeness (QED) is 0.531. The Morgan fingerprint density at radius 3 is 1.47 bits per heavy atom. The van der Waals surface area contributed by atoms with Crippen LogP contribution < -0.4 is 0 Å². The second kappa shape index (κ2) is 12.6. The highest BCUT2D eigenvalue weighted by molar-refractivity contribution is 5.75. The monoisotopic (exact) mass is 434 g/mol. The van der Waals surface area contributed by atoms with Gasteiger partial charge in [-0.25, -0.2) is 0 Å². The number of aryl methyl sites for hydroxylation is 6. The summed E-state index contributed by atoms with van der Waals surface area (Å²) in [6.07, 6.45) is 14.9. The highest BCUT2D eigenvalue weighted by Crippen LogP contribution is 2.21. The number of rotatable bonds is 8. The molecule has 2 aromatic heterocycles. The Morgan fingerprint density at radius 1 is 0.656 bits per heavy atom. The highest BCUT2D eigenvalue weighted by atomic mass is 16.1. The lowest BCUT2D eigenvalue weighted by Crippen LogP contribution is -2.07. The van der Waals surface area contributed by atoms with E-state index >= 15 is 0 Å². The van der Waals surface area contributed by atoms with Crippen molar-refractivity contribution in [3.05, 3.63) is 58.2 Å². The minimum absolute atomic E-state index is 0.276. The fourth-order valence-electron chi connectivity index (χ4n) is 4.57. The van der Waals surface area contributed by atoms with Crippen molar-refractivity contribution in [2.75, 3.05) is 0 Å². The summed E-state index contributed by atoms with van der Waals surface area (Å²) in [6.45, 7) is 3.31. The zero-order chi connectivity index (χ0) is 22.8. The van der Waals surface area contributed by atoms with Crippen molar-refractivity contribution in [1.29, 1.82) is 0 Å². The Kier molecular flexibility index (Phi) is 9.58. The van der Waals surface area contributed by atoms with Gasteiger partial charge in [0.25, 0.3) is 0 Å². The molecule has 2 aliphatic rings. The number of ketones is 2. The maximum Gasteiger partial charge on any atom is 0.129 e. The van der Waals surface area contributed by atoms with Crippen LogP contribution in [0, 0.1) is 0 Å². The van der Waals surface area contributed by atoms with E-state index in [-0.39, 0.29) is 11.6 Å². The number of aromatic nitrogens is 2.